The first kappa shape index (κ1) is 15.0. The van der Waals surface area contributed by atoms with E-state index in [0.717, 1.165) is 32.1 Å². The monoisotopic (exact) mass is 241 g/mol. The lowest BCUT2D eigenvalue weighted by atomic mass is 9.59. The minimum Gasteiger partial charge on any atom is -0.389 e. The van der Waals surface area contributed by atoms with Gasteiger partial charge in [-0.1, -0.05) is 47.0 Å². The number of hydrogen-bond donors (Lipinski definition) is 2. The fraction of sp³-hybridized carbons (Fsp3) is 1.00. The van der Waals surface area contributed by atoms with Gasteiger partial charge in [-0.15, -0.1) is 0 Å². The van der Waals surface area contributed by atoms with Crippen LogP contribution in [0.5, 0.6) is 0 Å². The Bertz CT molecular complexity index is 234. The molecular weight excluding hydrogens is 210 g/mol. The predicted octanol–water partition coefficient (Wildman–Crippen LogP) is 3.33. The summed E-state index contributed by atoms with van der Waals surface area (Å²) in [5.74, 6) is 0.667. The van der Waals surface area contributed by atoms with Crippen molar-refractivity contribution in [2.45, 2.75) is 71.8 Å². The lowest BCUT2D eigenvalue weighted by Crippen LogP contribution is -2.53. The van der Waals surface area contributed by atoms with E-state index in [2.05, 4.69) is 27.7 Å². The highest BCUT2D eigenvalue weighted by molar-refractivity contribution is 4.99. The summed E-state index contributed by atoms with van der Waals surface area (Å²) < 4.78 is 0. The van der Waals surface area contributed by atoms with Gasteiger partial charge in [0.25, 0.3) is 0 Å². The second-order valence-corrected chi connectivity index (χ2v) is 6.88. The summed E-state index contributed by atoms with van der Waals surface area (Å²) in [4.78, 5) is 0. The molecule has 17 heavy (non-hydrogen) atoms. The third-order valence-electron chi connectivity index (χ3n) is 4.60. The minimum absolute atomic E-state index is 0.177. The molecule has 0 aromatic carbocycles. The van der Waals surface area contributed by atoms with Crippen LogP contribution in [0.4, 0.5) is 0 Å². The Kier molecular flexibility index (Phi) is 5.03. The maximum absolute atomic E-state index is 11.2. The average molecular weight is 241 g/mol. The first-order valence-corrected chi connectivity index (χ1v) is 7.28. The molecule has 0 amide bonds. The first-order valence-electron chi connectivity index (χ1n) is 7.28. The summed E-state index contributed by atoms with van der Waals surface area (Å²) in [7, 11) is 0. The van der Waals surface area contributed by atoms with Crippen LogP contribution in [0.15, 0.2) is 0 Å². The summed E-state index contributed by atoms with van der Waals surface area (Å²) >= 11 is 0. The van der Waals surface area contributed by atoms with Crippen molar-refractivity contribution in [3.63, 3.8) is 0 Å². The molecule has 0 aromatic rings. The molecular formula is C15H31NO. The standard InChI is InChI=1S/C15H31NO/c1-5-8-12(11-16)15(17)10-7-6-9-13(15)14(2,3)4/h12-13,17H,5-11,16H2,1-4H3. The van der Waals surface area contributed by atoms with Crippen LogP contribution in [-0.4, -0.2) is 17.3 Å². The van der Waals surface area contributed by atoms with Gasteiger partial charge in [0.2, 0.25) is 0 Å². The molecule has 0 spiro atoms. The van der Waals surface area contributed by atoms with Gasteiger partial charge in [0.15, 0.2) is 0 Å². The quantitative estimate of drug-likeness (QED) is 0.793. The van der Waals surface area contributed by atoms with Gasteiger partial charge in [0.05, 0.1) is 5.60 Å². The van der Waals surface area contributed by atoms with Gasteiger partial charge in [-0.25, -0.2) is 0 Å². The number of rotatable bonds is 4. The SMILES string of the molecule is CCCC(CN)C1(O)CCCCC1C(C)(C)C. The highest BCUT2D eigenvalue weighted by Gasteiger charge is 2.48. The molecule has 2 heteroatoms. The Morgan fingerprint density at radius 2 is 2.00 bits per heavy atom. The predicted molar refractivity (Wildman–Crippen MR) is 73.8 cm³/mol. The highest BCUT2D eigenvalue weighted by Crippen LogP contribution is 2.48. The van der Waals surface area contributed by atoms with Crippen molar-refractivity contribution >= 4 is 0 Å². The number of aliphatic hydroxyl groups is 1. The third kappa shape index (κ3) is 3.23. The average Bonchev–Trinajstić information content (AvgIpc) is 2.24. The molecule has 1 rings (SSSR count). The summed E-state index contributed by atoms with van der Waals surface area (Å²) in [6, 6.07) is 0. The minimum atomic E-state index is -0.527. The lowest BCUT2D eigenvalue weighted by Gasteiger charge is -2.50. The topological polar surface area (TPSA) is 46.2 Å². The van der Waals surface area contributed by atoms with E-state index in [-0.39, 0.29) is 11.3 Å². The van der Waals surface area contributed by atoms with Crippen molar-refractivity contribution in [2.24, 2.45) is 23.0 Å². The zero-order chi connectivity index (χ0) is 13.1. The van der Waals surface area contributed by atoms with Gasteiger partial charge < -0.3 is 10.8 Å². The zero-order valence-electron chi connectivity index (χ0n) is 12.1. The fourth-order valence-electron chi connectivity index (χ4n) is 3.77. The van der Waals surface area contributed by atoms with E-state index in [1.807, 2.05) is 0 Å². The van der Waals surface area contributed by atoms with Gasteiger partial charge in [-0.05, 0) is 37.1 Å². The van der Waals surface area contributed by atoms with Crippen LogP contribution in [0, 0.1) is 17.3 Å². The molecule has 0 aromatic heterocycles. The Morgan fingerprint density at radius 1 is 1.35 bits per heavy atom. The molecule has 1 aliphatic carbocycles. The van der Waals surface area contributed by atoms with Gasteiger partial charge in [0, 0.05) is 5.92 Å². The van der Waals surface area contributed by atoms with E-state index < -0.39 is 5.60 Å². The Balaban J connectivity index is 2.93. The van der Waals surface area contributed by atoms with E-state index in [1.165, 1.54) is 6.42 Å². The van der Waals surface area contributed by atoms with E-state index in [1.54, 1.807) is 0 Å². The summed E-state index contributed by atoms with van der Waals surface area (Å²) in [6.45, 7) is 9.58. The molecule has 2 nitrogen and oxygen atoms in total. The van der Waals surface area contributed by atoms with Crippen LogP contribution in [-0.2, 0) is 0 Å². The second-order valence-electron chi connectivity index (χ2n) is 6.88. The van der Waals surface area contributed by atoms with Crippen molar-refractivity contribution in [2.75, 3.05) is 6.54 Å². The van der Waals surface area contributed by atoms with Gasteiger partial charge in [0.1, 0.15) is 0 Å². The Labute approximate surface area is 107 Å². The summed E-state index contributed by atoms with van der Waals surface area (Å²) in [5, 5.41) is 11.2. The smallest absolute Gasteiger partial charge is 0.0720 e. The Morgan fingerprint density at radius 3 is 2.47 bits per heavy atom. The Hall–Kier alpha value is -0.0800. The zero-order valence-corrected chi connectivity index (χ0v) is 12.1. The van der Waals surface area contributed by atoms with Crippen molar-refractivity contribution in [1.82, 2.24) is 0 Å². The van der Waals surface area contributed by atoms with Gasteiger partial charge in [-0.3, -0.25) is 0 Å². The van der Waals surface area contributed by atoms with E-state index in [4.69, 9.17) is 5.73 Å². The summed E-state index contributed by atoms with van der Waals surface area (Å²) in [5.41, 5.74) is 5.57. The van der Waals surface area contributed by atoms with Crippen LogP contribution in [0.1, 0.15) is 66.2 Å². The maximum atomic E-state index is 11.2. The molecule has 3 atom stereocenters. The van der Waals surface area contributed by atoms with Gasteiger partial charge >= 0.3 is 0 Å². The normalized spacial score (nSPS) is 32.5. The van der Waals surface area contributed by atoms with Crippen molar-refractivity contribution in [3.8, 4) is 0 Å². The van der Waals surface area contributed by atoms with Crippen LogP contribution in [0.2, 0.25) is 0 Å². The van der Waals surface area contributed by atoms with Gasteiger partial charge in [-0.2, -0.15) is 0 Å². The molecule has 0 saturated heterocycles. The van der Waals surface area contributed by atoms with E-state index >= 15 is 0 Å². The van der Waals surface area contributed by atoms with Crippen molar-refractivity contribution in [3.05, 3.63) is 0 Å². The number of nitrogens with two attached hydrogens (primary N) is 1. The van der Waals surface area contributed by atoms with Crippen LogP contribution in [0.3, 0.4) is 0 Å². The molecule has 0 aliphatic heterocycles. The third-order valence-corrected chi connectivity index (χ3v) is 4.60. The molecule has 1 saturated carbocycles. The van der Waals surface area contributed by atoms with E-state index in [0.29, 0.717) is 12.5 Å². The molecule has 1 aliphatic rings. The molecule has 0 bridgehead atoms. The largest absolute Gasteiger partial charge is 0.389 e. The fourth-order valence-corrected chi connectivity index (χ4v) is 3.77. The highest BCUT2D eigenvalue weighted by atomic mass is 16.3. The number of hydrogen-bond acceptors (Lipinski definition) is 2. The first-order chi connectivity index (χ1) is 7.86. The molecule has 1 fully saturated rings. The molecule has 0 radical (unpaired) electrons. The molecule has 3 unspecified atom stereocenters. The van der Waals surface area contributed by atoms with Crippen LogP contribution in [0.25, 0.3) is 0 Å². The van der Waals surface area contributed by atoms with Crippen LogP contribution >= 0.6 is 0 Å². The lowest BCUT2D eigenvalue weighted by molar-refractivity contribution is -0.128. The molecule has 3 N–H and O–H groups in total. The van der Waals surface area contributed by atoms with Crippen LogP contribution < -0.4 is 5.73 Å². The van der Waals surface area contributed by atoms with E-state index in [9.17, 15) is 5.11 Å². The maximum Gasteiger partial charge on any atom is 0.0720 e. The van der Waals surface area contributed by atoms with Crippen molar-refractivity contribution in [1.29, 1.82) is 0 Å². The molecule has 102 valence electrons. The molecule has 0 heterocycles. The van der Waals surface area contributed by atoms with Crippen molar-refractivity contribution < 1.29 is 5.11 Å². The second kappa shape index (κ2) is 5.71. The summed E-state index contributed by atoms with van der Waals surface area (Å²) in [6.07, 6.45) is 6.68.